The van der Waals surface area contributed by atoms with Gasteiger partial charge < -0.3 is 14.7 Å². The van der Waals surface area contributed by atoms with Crippen molar-refractivity contribution < 1.29 is 14.1 Å². The van der Waals surface area contributed by atoms with Gasteiger partial charge in [0.1, 0.15) is 5.76 Å². The molecule has 1 N–H and O–H groups in total. The van der Waals surface area contributed by atoms with E-state index in [0.717, 1.165) is 62.1 Å². The van der Waals surface area contributed by atoms with E-state index in [0.29, 0.717) is 13.0 Å². The Morgan fingerprint density at radius 2 is 2.12 bits per heavy atom. The van der Waals surface area contributed by atoms with Crippen LogP contribution in [-0.2, 0) is 22.6 Å². The molecule has 1 saturated heterocycles. The maximum absolute atomic E-state index is 12.8. The third-order valence-corrected chi connectivity index (χ3v) is 5.40. The van der Waals surface area contributed by atoms with E-state index < -0.39 is 0 Å². The Morgan fingerprint density at radius 3 is 2.83 bits per heavy atom. The maximum atomic E-state index is 12.8. The average molecular weight is 333 g/mol. The van der Waals surface area contributed by atoms with Crippen LogP contribution in [-0.4, -0.2) is 34.5 Å². The molecule has 3 rings (SSSR count). The van der Waals surface area contributed by atoms with E-state index in [9.17, 15) is 9.59 Å². The molecule has 1 saturated carbocycles. The van der Waals surface area contributed by atoms with Gasteiger partial charge >= 0.3 is 0 Å². The SMILES string of the molecule is CCc1onc(C)c1CNC(=O)[C@@H]1CCCC[C@@H]1N1CCCC1=O. The number of hydrogen-bond acceptors (Lipinski definition) is 4. The van der Waals surface area contributed by atoms with Crippen molar-refractivity contribution in [1.29, 1.82) is 0 Å². The Balaban J connectivity index is 1.66. The standard InChI is InChI=1S/C18H27N3O3/c1-3-16-14(12(2)20-24-16)11-19-18(23)13-7-4-5-8-15(13)21-10-6-9-17(21)22/h13,15H,3-11H2,1-2H3,(H,19,23)/t13-,15+/m1/s1. The highest BCUT2D eigenvalue weighted by Gasteiger charge is 2.38. The van der Waals surface area contributed by atoms with Gasteiger partial charge in [0.15, 0.2) is 0 Å². The number of rotatable bonds is 5. The summed E-state index contributed by atoms with van der Waals surface area (Å²) < 4.78 is 5.28. The van der Waals surface area contributed by atoms with Crippen LogP contribution in [0, 0.1) is 12.8 Å². The summed E-state index contributed by atoms with van der Waals surface area (Å²) in [7, 11) is 0. The van der Waals surface area contributed by atoms with Gasteiger partial charge in [0.05, 0.1) is 11.6 Å². The predicted octanol–water partition coefficient (Wildman–Crippen LogP) is 2.34. The Kier molecular flexibility index (Phi) is 5.21. The van der Waals surface area contributed by atoms with E-state index in [1.165, 1.54) is 0 Å². The van der Waals surface area contributed by atoms with Gasteiger partial charge in [-0.3, -0.25) is 9.59 Å². The van der Waals surface area contributed by atoms with Gasteiger partial charge in [0.2, 0.25) is 11.8 Å². The minimum atomic E-state index is -0.0916. The summed E-state index contributed by atoms with van der Waals surface area (Å²) in [6.07, 6.45) is 6.28. The minimum Gasteiger partial charge on any atom is -0.361 e. The van der Waals surface area contributed by atoms with E-state index in [2.05, 4.69) is 10.5 Å². The molecule has 2 aliphatic rings. The minimum absolute atomic E-state index is 0.0575. The monoisotopic (exact) mass is 333 g/mol. The highest BCUT2D eigenvalue weighted by molar-refractivity contribution is 5.82. The summed E-state index contributed by atoms with van der Waals surface area (Å²) in [5.41, 5.74) is 1.82. The molecule has 1 aromatic heterocycles. The Hall–Kier alpha value is -1.85. The quantitative estimate of drug-likeness (QED) is 0.897. The normalized spacial score (nSPS) is 24.4. The molecule has 2 amide bonds. The molecule has 24 heavy (non-hydrogen) atoms. The molecule has 2 heterocycles. The number of hydrogen-bond donors (Lipinski definition) is 1. The summed E-state index contributed by atoms with van der Waals surface area (Å²) in [6.45, 7) is 5.17. The van der Waals surface area contributed by atoms with Crippen molar-refractivity contribution in [1.82, 2.24) is 15.4 Å². The van der Waals surface area contributed by atoms with Crippen molar-refractivity contribution in [3.05, 3.63) is 17.0 Å². The number of amides is 2. The fourth-order valence-electron chi connectivity index (χ4n) is 4.06. The zero-order chi connectivity index (χ0) is 17.1. The second-order valence-corrected chi connectivity index (χ2v) is 6.89. The van der Waals surface area contributed by atoms with Gasteiger partial charge in [0, 0.05) is 37.5 Å². The fraction of sp³-hybridized carbons (Fsp3) is 0.722. The van der Waals surface area contributed by atoms with Gasteiger partial charge in [-0.25, -0.2) is 0 Å². The first-order valence-corrected chi connectivity index (χ1v) is 9.13. The van der Waals surface area contributed by atoms with Crippen molar-refractivity contribution in [2.24, 2.45) is 5.92 Å². The number of carbonyl (C=O) groups excluding carboxylic acids is 2. The summed E-state index contributed by atoms with van der Waals surface area (Å²) >= 11 is 0. The topological polar surface area (TPSA) is 75.4 Å². The van der Waals surface area contributed by atoms with Gasteiger partial charge in [0.25, 0.3) is 0 Å². The zero-order valence-corrected chi connectivity index (χ0v) is 14.6. The Bertz CT molecular complexity index is 611. The molecule has 2 fully saturated rings. The highest BCUT2D eigenvalue weighted by Crippen LogP contribution is 2.31. The molecule has 6 heteroatoms. The van der Waals surface area contributed by atoms with Crippen LogP contribution in [0.15, 0.2) is 4.52 Å². The first kappa shape index (κ1) is 17.0. The number of aromatic nitrogens is 1. The van der Waals surface area contributed by atoms with Crippen LogP contribution in [0.25, 0.3) is 0 Å². The third-order valence-electron chi connectivity index (χ3n) is 5.40. The van der Waals surface area contributed by atoms with Crippen LogP contribution < -0.4 is 5.32 Å². The Morgan fingerprint density at radius 1 is 1.33 bits per heavy atom. The molecule has 1 aliphatic carbocycles. The number of aryl methyl sites for hydroxylation is 2. The molecular formula is C18H27N3O3. The number of nitrogens with one attached hydrogen (secondary N) is 1. The van der Waals surface area contributed by atoms with Gasteiger partial charge in [-0.1, -0.05) is 24.9 Å². The van der Waals surface area contributed by atoms with Crippen LogP contribution in [0.1, 0.15) is 62.5 Å². The molecule has 0 radical (unpaired) electrons. The zero-order valence-electron chi connectivity index (χ0n) is 14.6. The lowest BCUT2D eigenvalue weighted by atomic mass is 9.83. The van der Waals surface area contributed by atoms with Crippen molar-refractivity contribution in [2.45, 2.75) is 71.4 Å². The molecule has 132 valence electrons. The van der Waals surface area contributed by atoms with Crippen molar-refractivity contribution in [3.8, 4) is 0 Å². The van der Waals surface area contributed by atoms with Gasteiger partial charge in [-0.05, 0) is 26.2 Å². The van der Waals surface area contributed by atoms with Gasteiger partial charge in [-0.2, -0.15) is 0 Å². The molecule has 0 aromatic carbocycles. The smallest absolute Gasteiger partial charge is 0.225 e. The van der Waals surface area contributed by atoms with Crippen LogP contribution in [0.4, 0.5) is 0 Å². The molecule has 1 aliphatic heterocycles. The van der Waals surface area contributed by atoms with E-state index in [-0.39, 0.29) is 23.8 Å². The van der Waals surface area contributed by atoms with Crippen molar-refractivity contribution >= 4 is 11.8 Å². The van der Waals surface area contributed by atoms with Crippen molar-refractivity contribution in [3.63, 3.8) is 0 Å². The number of carbonyl (C=O) groups is 2. The largest absolute Gasteiger partial charge is 0.361 e. The summed E-state index contributed by atoms with van der Waals surface area (Å²) in [5, 5.41) is 7.05. The first-order valence-electron chi connectivity index (χ1n) is 9.13. The highest BCUT2D eigenvalue weighted by atomic mass is 16.5. The summed E-state index contributed by atoms with van der Waals surface area (Å²) in [4.78, 5) is 26.8. The second kappa shape index (κ2) is 7.36. The van der Waals surface area contributed by atoms with E-state index in [4.69, 9.17) is 4.52 Å². The molecule has 2 atom stereocenters. The third kappa shape index (κ3) is 3.32. The number of likely N-dealkylation sites (tertiary alicyclic amines) is 1. The molecule has 0 unspecified atom stereocenters. The first-order chi connectivity index (χ1) is 11.6. The van der Waals surface area contributed by atoms with Gasteiger partial charge in [-0.15, -0.1) is 0 Å². The van der Waals surface area contributed by atoms with Crippen molar-refractivity contribution in [2.75, 3.05) is 6.54 Å². The lowest BCUT2D eigenvalue weighted by Gasteiger charge is -2.37. The van der Waals surface area contributed by atoms with Crippen LogP contribution in [0.5, 0.6) is 0 Å². The van der Waals surface area contributed by atoms with E-state index in [1.807, 2.05) is 18.7 Å². The molecule has 1 aromatic rings. The molecule has 0 spiro atoms. The molecule has 0 bridgehead atoms. The summed E-state index contributed by atoms with van der Waals surface area (Å²) in [6, 6.07) is 0.0722. The van der Waals surface area contributed by atoms with Crippen LogP contribution >= 0.6 is 0 Å². The average Bonchev–Trinajstić information content (AvgIpc) is 3.18. The fourth-order valence-corrected chi connectivity index (χ4v) is 4.06. The van der Waals surface area contributed by atoms with Crippen LogP contribution in [0.3, 0.4) is 0 Å². The maximum Gasteiger partial charge on any atom is 0.225 e. The lowest BCUT2D eigenvalue weighted by Crippen LogP contribution is -2.48. The second-order valence-electron chi connectivity index (χ2n) is 6.89. The van der Waals surface area contributed by atoms with Crippen LogP contribution in [0.2, 0.25) is 0 Å². The molecule has 6 nitrogen and oxygen atoms in total. The van der Waals surface area contributed by atoms with E-state index in [1.54, 1.807) is 0 Å². The lowest BCUT2D eigenvalue weighted by molar-refractivity contribution is -0.135. The van der Waals surface area contributed by atoms with E-state index >= 15 is 0 Å². The summed E-state index contributed by atoms with van der Waals surface area (Å²) in [5.74, 6) is 1.01. The molecular weight excluding hydrogens is 306 g/mol. The predicted molar refractivity (Wildman–Crippen MR) is 89.2 cm³/mol. The number of nitrogens with zero attached hydrogens (tertiary/aromatic N) is 2. The Labute approximate surface area is 142 Å².